The van der Waals surface area contributed by atoms with Crippen molar-refractivity contribution in [2.24, 2.45) is 5.41 Å². The van der Waals surface area contributed by atoms with Gasteiger partial charge in [-0.2, -0.15) is 0 Å². The van der Waals surface area contributed by atoms with Gasteiger partial charge < -0.3 is 15.0 Å². The molecule has 1 aliphatic heterocycles. The number of hydrogen-bond acceptors (Lipinski definition) is 3. The predicted octanol–water partition coefficient (Wildman–Crippen LogP) is 2.36. The molecule has 0 bridgehead atoms. The first-order valence-corrected chi connectivity index (χ1v) is 8.23. The van der Waals surface area contributed by atoms with Gasteiger partial charge in [-0.1, -0.05) is 26.8 Å². The Kier molecular flexibility index (Phi) is 5.80. The van der Waals surface area contributed by atoms with Crippen molar-refractivity contribution in [1.82, 2.24) is 10.2 Å². The minimum atomic E-state index is -0.411. The number of benzene rings is 1. The number of halogens is 1. The van der Waals surface area contributed by atoms with Gasteiger partial charge in [0, 0.05) is 30.6 Å². The molecule has 24 heavy (non-hydrogen) atoms. The van der Waals surface area contributed by atoms with Crippen LogP contribution in [-0.2, 0) is 9.59 Å². The van der Waals surface area contributed by atoms with E-state index in [4.69, 9.17) is 4.74 Å². The maximum atomic E-state index is 13.1. The van der Waals surface area contributed by atoms with Gasteiger partial charge in [-0.05, 0) is 25.0 Å². The van der Waals surface area contributed by atoms with Crippen LogP contribution < -0.4 is 10.1 Å². The van der Waals surface area contributed by atoms with Gasteiger partial charge in [0.15, 0.2) is 6.61 Å². The molecule has 2 rings (SSSR count). The SMILES string of the molecule is CC(C)(C)C(=O)NC1CCN(C(=O)COc2cccc(F)c2)CC1. The zero-order valence-corrected chi connectivity index (χ0v) is 14.5. The summed E-state index contributed by atoms with van der Waals surface area (Å²) >= 11 is 0. The van der Waals surface area contributed by atoms with Crippen LogP contribution in [0.4, 0.5) is 4.39 Å². The van der Waals surface area contributed by atoms with Crippen LogP contribution in [0.15, 0.2) is 24.3 Å². The number of rotatable bonds is 4. The number of piperidine rings is 1. The Hall–Kier alpha value is -2.11. The average Bonchev–Trinajstić information content (AvgIpc) is 2.52. The van der Waals surface area contributed by atoms with Crippen molar-refractivity contribution >= 4 is 11.8 Å². The number of carbonyl (C=O) groups excluding carboxylic acids is 2. The Labute approximate surface area is 142 Å². The normalized spacial score (nSPS) is 15.9. The molecule has 0 radical (unpaired) electrons. The van der Waals surface area contributed by atoms with E-state index in [1.54, 1.807) is 17.0 Å². The van der Waals surface area contributed by atoms with Gasteiger partial charge in [-0.3, -0.25) is 9.59 Å². The molecule has 5 nitrogen and oxygen atoms in total. The fourth-order valence-electron chi connectivity index (χ4n) is 2.47. The van der Waals surface area contributed by atoms with Crippen LogP contribution in [0.25, 0.3) is 0 Å². The fraction of sp³-hybridized carbons (Fsp3) is 0.556. The van der Waals surface area contributed by atoms with Gasteiger partial charge in [-0.25, -0.2) is 4.39 Å². The first-order valence-electron chi connectivity index (χ1n) is 8.23. The molecule has 1 fully saturated rings. The Balaban J connectivity index is 1.75. The van der Waals surface area contributed by atoms with Gasteiger partial charge in [0.1, 0.15) is 11.6 Å². The Bertz CT molecular complexity index is 590. The molecule has 2 amide bonds. The number of carbonyl (C=O) groups is 2. The highest BCUT2D eigenvalue weighted by Crippen LogP contribution is 2.17. The average molecular weight is 336 g/mol. The van der Waals surface area contributed by atoms with Crippen LogP contribution in [0, 0.1) is 11.2 Å². The van der Waals surface area contributed by atoms with Gasteiger partial charge in [0.25, 0.3) is 5.91 Å². The summed E-state index contributed by atoms with van der Waals surface area (Å²) in [5.41, 5.74) is -0.411. The summed E-state index contributed by atoms with van der Waals surface area (Å²) in [7, 11) is 0. The van der Waals surface area contributed by atoms with Crippen molar-refractivity contribution in [1.29, 1.82) is 0 Å². The number of nitrogens with zero attached hydrogens (tertiary/aromatic N) is 1. The van der Waals surface area contributed by atoms with Crippen molar-refractivity contribution in [3.63, 3.8) is 0 Å². The molecule has 0 aromatic heterocycles. The standard InChI is InChI=1S/C18H25FN2O3/c1-18(2,3)17(23)20-14-7-9-21(10-8-14)16(22)12-24-15-6-4-5-13(19)11-15/h4-6,11,14H,7-10,12H2,1-3H3,(H,20,23). The smallest absolute Gasteiger partial charge is 0.260 e. The second-order valence-electron chi connectivity index (χ2n) is 7.12. The number of nitrogens with one attached hydrogen (secondary N) is 1. The number of hydrogen-bond donors (Lipinski definition) is 1. The van der Waals surface area contributed by atoms with Crippen LogP contribution in [0.3, 0.4) is 0 Å². The van der Waals surface area contributed by atoms with Crippen LogP contribution in [-0.4, -0.2) is 42.5 Å². The molecule has 1 N–H and O–H groups in total. The number of amides is 2. The lowest BCUT2D eigenvalue weighted by molar-refractivity contribution is -0.134. The van der Waals surface area contributed by atoms with E-state index in [0.29, 0.717) is 18.8 Å². The van der Waals surface area contributed by atoms with Crippen LogP contribution in [0.5, 0.6) is 5.75 Å². The molecule has 0 unspecified atom stereocenters. The van der Waals surface area contributed by atoms with E-state index >= 15 is 0 Å². The van der Waals surface area contributed by atoms with Crippen molar-refractivity contribution in [2.45, 2.75) is 39.7 Å². The summed E-state index contributed by atoms with van der Waals surface area (Å²) in [5.74, 6) is -0.146. The molecule has 0 saturated carbocycles. The first kappa shape index (κ1) is 18.2. The topological polar surface area (TPSA) is 58.6 Å². The highest BCUT2D eigenvalue weighted by Gasteiger charge is 2.28. The van der Waals surface area contributed by atoms with Crippen molar-refractivity contribution in [2.75, 3.05) is 19.7 Å². The predicted molar refractivity (Wildman–Crippen MR) is 89.1 cm³/mol. The van der Waals surface area contributed by atoms with Crippen molar-refractivity contribution in [3.8, 4) is 5.75 Å². The number of ether oxygens (including phenoxy) is 1. The fourth-order valence-corrected chi connectivity index (χ4v) is 2.47. The van der Waals surface area contributed by atoms with Crippen LogP contribution in [0.1, 0.15) is 33.6 Å². The minimum Gasteiger partial charge on any atom is -0.484 e. The number of likely N-dealkylation sites (tertiary alicyclic amines) is 1. The van der Waals surface area contributed by atoms with E-state index in [1.807, 2.05) is 20.8 Å². The van der Waals surface area contributed by atoms with E-state index in [2.05, 4.69) is 5.32 Å². The lowest BCUT2D eigenvalue weighted by Gasteiger charge is -2.33. The summed E-state index contributed by atoms with van der Waals surface area (Å²) in [6.07, 6.45) is 1.46. The highest BCUT2D eigenvalue weighted by atomic mass is 19.1. The third-order valence-electron chi connectivity index (χ3n) is 4.02. The third-order valence-corrected chi connectivity index (χ3v) is 4.02. The zero-order chi connectivity index (χ0) is 17.7. The lowest BCUT2D eigenvalue weighted by Crippen LogP contribution is -2.49. The Morgan fingerprint density at radius 1 is 1.29 bits per heavy atom. The second kappa shape index (κ2) is 7.64. The summed E-state index contributed by atoms with van der Waals surface area (Å²) in [6, 6.07) is 5.83. The lowest BCUT2D eigenvalue weighted by atomic mass is 9.94. The molecule has 0 aliphatic carbocycles. The molecule has 0 spiro atoms. The summed E-state index contributed by atoms with van der Waals surface area (Å²) in [5, 5.41) is 3.03. The molecule has 6 heteroatoms. The molecule has 1 aromatic rings. The summed E-state index contributed by atoms with van der Waals surface area (Å²) in [4.78, 5) is 25.9. The van der Waals surface area contributed by atoms with Crippen molar-refractivity contribution < 1.29 is 18.7 Å². The van der Waals surface area contributed by atoms with Gasteiger partial charge >= 0.3 is 0 Å². The second-order valence-corrected chi connectivity index (χ2v) is 7.12. The quantitative estimate of drug-likeness (QED) is 0.918. The van der Waals surface area contributed by atoms with E-state index in [1.165, 1.54) is 12.1 Å². The maximum Gasteiger partial charge on any atom is 0.260 e. The van der Waals surface area contributed by atoms with E-state index < -0.39 is 11.2 Å². The molecule has 1 heterocycles. The van der Waals surface area contributed by atoms with Gasteiger partial charge in [-0.15, -0.1) is 0 Å². The van der Waals surface area contributed by atoms with E-state index in [9.17, 15) is 14.0 Å². The first-order chi connectivity index (χ1) is 11.3. The largest absolute Gasteiger partial charge is 0.484 e. The molecule has 1 saturated heterocycles. The highest BCUT2D eigenvalue weighted by molar-refractivity contribution is 5.81. The summed E-state index contributed by atoms with van der Waals surface area (Å²) < 4.78 is 18.4. The molecule has 1 aromatic carbocycles. The maximum absolute atomic E-state index is 13.1. The van der Waals surface area contributed by atoms with E-state index in [0.717, 1.165) is 12.8 Å². The third kappa shape index (κ3) is 5.22. The molecule has 1 aliphatic rings. The Morgan fingerprint density at radius 3 is 2.54 bits per heavy atom. The van der Waals surface area contributed by atoms with Crippen LogP contribution in [0.2, 0.25) is 0 Å². The Morgan fingerprint density at radius 2 is 1.96 bits per heavy atom. The molecule has 132 valence electrons. The monoisotopic (exact) mass is 336 g/mol. The van der Waals surface area contributed by atoms with Crippen molar-refractivity contribution in [3.05, 3.63) is 30.1 Å². The van der Waals surface area contributed by atoms with Gasteiger partial charge in [0.05, 0.1) is 0 Å². The minimum absolute atomic E-state index is 0.0294. The molecular formula is C18H25FN2O3. The molecular weight excluding hydrogens is 311 g/mol. The van der Waals surface area contributed by atoms with E-state index in [-0.39, 0.29) is 24.5 Å². The van der Waals surface area contributed by atoms with Gasteiger partial charge in [0.2, 0.25) is 5.91 Å². The summed E-state index contributed by atoms with van der Waals surface area (Å²) in [6.45, 7) is 6.70. The van der Waals surface area contributed by atoms with Crippen LogP contribution >= 0.6 is 0 Å². The zero-order valence-electron chi connectivity index (χ0n) is 14.5. The molecule has 0 atom stereocenters.